The summed E-state index contributed by atoms with van der Waals surface area (Å²) in [7, 11) is 0. The number of carbonyl (C=O) groups is 2. The molecular formula is C13H14Cl2N2O3. The van der Waals surface area contributed by atoms with Crippen LogP contribution in [0, 0.1) is 0 Å². The predicted molar refractivity (Wildman–Crippen MR) is 75.8 cm³/mol. The topological polar surface area (TPSA) is 69.6 Å². The molecule has 0 bridgehead atoms. The molecule has 7 heteroatoms. The minimum absolute atomic E-state index is 0.0878. The van der Waals surface area contributed by atoms with E-state index in [4.69, 9.17) is 28.3 Å². The van der Waals surface area contributed by atoms with E-state index in [1.54, 1.807) is 19.1 Å². The smallest absolute Gasteiger partial charge is 0.325 e. The quantitative estimate of drug-likeness (QED) is 0.836. The molecule has 0 aliphatic carbocycles. The van der Waals surface area contributed by atoms with Gasteiger partial charge in [-0.1, -0.05) is 29.3 Å². The number of aliphatic hydroxyl groups is 1. The average molecular weight is 317 g/mol. The van der Waals surface area contributed by atoms with Crippen LogP contribution in [0.2, 0.25) is 10.0 Å². The molecule has 1 heterocycles. The van der Waals surface area contributed by atoms with E-state index >= 15 is 0 Å². The second-order valence-electron chi connectivity index (χ2n) is 4.71. The number of amides is 3. The molecule has 3 amide bonds. The molecule has 1 unspecified atom stereocenters. The van der Waals surface area contributed by atoms with Crippen LogP contribution in [0.4, 0.5) is 4.79 Å². The van der Waals surface area contributed by atoms with Crippen molar-refractivity contribution in [2.75, 3.05) is 13.2 Å². The number of rotatable bonds is 4. The second kappa shape index (κ2) is 5.60. The standard InChI is InChI=1S/C13H14Cl2N2O3/c1-13(9-4-3-8(14)7-10(9)15)11(19)17(5-2-6-18)12(20)16-13/h3-4,7,18H,2,5-6H2,1H3,(H,16,20). The largest absolute Gasteiger partial charge is 0.396 e. The van der Waals surface area contributed by atoms with Gasteiger partial charge in [-0.3, -0.25) is 9.69 Å². The van der Waals surface area contributed by atoms with Gasteiger partial charge in [-0.2, -0.15) is 0 Å². The van der Waals surface area contributed by atoms with Crippen LogP contribution in [0.3, 0.4) is 0 Å². The highest BCUT2D eigenvalue weighted by Gasteiger charge is 2.49. The summed E-state index contributed by atoms with van der Waals surface area (Å²) >= 11 is 12.0. The van der Waals surface area contributed by atoms with Gasteiger partial charge in [0, 0.05) is 28.8 Å². The Morgan fingerprint density at radius 2 is 2.05 bits per heavy atom. The third-order valence-electron chi connectivity index (χ3n) is 3.28. The molecule has 1 aromatic carbocycles. The summed E-state index contributed by atoms with van der Waals surface area (Å²) in [6.07, 6.45) is 0.337. The van der Waals surface area contributed by atoms with Gasteiger partial charge in [-0.05, 0) is 25.5 Å². The van der Waals surface area contributed by atoms with Crippen LogP contribution in [0.5, 0.6) is 0 Å². The van der Waals surface area contributed by atoms with Crippen molar-refractivity contribution in [2.45, 2.75) is 18.9 Å². The van der Waals surface area contributed by atoms with Gasteiger partial charge >= 0.3 is 6.03 Å². The van der Waals surface area contributed by atoms with Crippen molar-refractivity contribution in [3.8, 4) is 0 Å². The zero-order chi connectivity index (χ0) is 14.9. The van der Waals surface area contributed by atoms with Crippen LogP contribution in [0.15, 0.2) is 18.2 Å². The van der Waals surface area contributed by atoms with Crippen LogP contribution in [0.1, 0.15) is 18.9 Å². The minimum Gasteiger partial charge on any atom is -0.396 e. The molecule has 0 spiro atoms. The number of nitrogens with zero attached hydrogens (tertiary/aromatic N) is 1. The normalized spacial score (nSPS) is 22.3. The van der Waals surface area contributed by atoms with Gasteiger partial charge in [-0.25, -0.2) is 4.79 Å². The number of urea groups is 1. The van der Waals surface area contributed by atoms with Crippen molar-refractivity contribution in [3.05, 3.63) is 33.8 Å². The van der Waals surface area contributed by atoms with E-state index in [0.717, 1.165) is 4.90 Å². The number of benzene rings is 1. The van der Waals surface area contributed by atoms with Crippen LogP contribution in [0.25, 0.3) is 0 Å². The molecule has 1 aromatic rings. The average Bonchev–Trinajstić information content (AvgIpc) is 2.59. The molecule has 1 aliphatic rings. The zero-order valence-corrected chi connectivity index (χ0v) is 12.3. The first-order valence-corrected chi connectivity index (χ1v) is 6.86. The van der Waals surface area contributed by atoms with Gasteiger partial charge in [0.15, 0.2) is 0 Å². The monoisotopic (exact) mass is 316 g/mol. The lowest BCUT2D eigenvalue weighted by atomic mass is 9.92. The summed E-state index contributed by atoms with van der Waals surface area (Å²) in [6.45, 7) is 1.68. The fourth-order valence-corrected chi connectivity index (χ4v) is 2.80. The van der Waals surface area contributed by atoms with E-state index in [2.05, 4.69) is 5.32 Å². The van der Waals surface area contributed by atoms with Crippen molar-refractivity contribution >= 4 is 35.1 Å². The molecule has 108 valence electrons. The van der Waals surface area contributed by atoms with E-state index in [0.29, 0.717) is 22.0 Å². The number of imide groups is 1. The van der Waals surface area contributed by atoms with Gasteiger partial charge in [0.2, 0.25) is 0 Å². The Bertz CT molecular complexity index is 565. The first-order chi connectivity index (χ1) is 9.40. The minimum atomic E-state index is -1.21. The molecular weight excluding hydrogens is 303 g/mol. The Hall–Kier alpha value is -1.30. The SMILES string of the molecule is CC1(c2ccc(Cl)cc2Cl)NC(=O)N(CCCO)C1=O. The predicted octanol–water partition coefficient (Wildman–Crippen LogP) is 2.14. The molecule has 2 rings (SSSR count). The van der Waals surface area contributed by atoms with Crippen molar-refractivity contribution in [2.24, 2.45) is 0 Å². The number of nitrogens with one attached hydrogen (secondary N) is 1. The van der Waals surface area contributed by atoms with Gasteiger partial charge in [0.25, 0.3) is 5.91 Å². The fourth-order valence-electron chi connectivity index (χ4n) is 2.21. The highest BCUT2D eigenvalue weighted by atomic mass is 35.5. The van der Waals surface area contributed by atoms with Crippen molar-refractivity contribution in [1.82, 2.24) is 10.2 Å². The molecule has 1 atom stereocenters. The lowest BCUT2D eigenvalue weighted by molar-refractivity contribution is -0.131. The van der Waals surface area contributed by atoms with E-state index < -0.39 is 11.6 Å². The number of aliphatic hydroxyl groups excluding tert-OH is 1. The van der Waals surface area contributed by atoms with E-state index in [9.17, 15) is 9.59 Å². The first kappa shape index (κ1) is 15.1. The van der Waals surface area contributed by atoms with E-state index in [1.165, 1.54) is 6.07 Å². The van der Waals surface area contributed by atoms with Gasteiger partial charge in [-0.15, -0.1) is 0 Å². The molecule has 1 saturated heterocycles. The molecule has 0 saturated carbocycles. The lowest BCUT2D eigenvalue weighted by Crippen LogP contribution is -2.41. The van der Waals surface area contributed by atoms with Crippen molar-refractivity contribution in [3.63, 3.8) is 0 Å². The lowest BCUT2D eigenvalue weighted by Gasteiger charge is -2.23. The summed E-state index contributed by atoms with van der Waals surface area (Å²) < 4.78 is 0. The maximum atomic E-state index is 12.5. The molecule has 1 aliphatic heterocycles. The zero-order valence-electron chi connectivity index (χ0n) is 10.8. The Kier molecular flexibility index (Phi) is 4.22. The first-order valence-electron chi connectivity index (χ1n) is 6.10. The van der Waals surface area contributed by atoms with Crippen LogP contribution in [-0.4, -0.2) is 35.1 Å². The second-order valence-corrected chi connectivity index (χ2v) is 5.56. The summed E-state index contributed by atoms with van der Waals surface area (Å²) in [5.41, 5.74) is -0.720. The molecule has 2 N–H and O–H groups in total. The highest BCUT2D eigenvalue weighted by molar-refractivity contribution is 6.35. The fraction of sp³-hybridized carbons (Fsp3) is 0.385. The molecule has 1 fully saturated rings. The van der Waals surface area contributed by atoms with Gasteiger partial charge in [0.05, 0.1) is 0 Å². The third-order valence-corrected chi connectivity index (χ3v) is 3.83. The van der Waals surface area contributed by atoms with E-state index in [-0.39, 0.29) is 19.1 Å². The van der Waals surface area contributed by atoms with E-state index in [1.807, 2.05) is 0 Å². The van der Waals surface area contributed by atoms with Gasteiger partial charge < -0.3 is 10.4 Å². The van der Waals surface area contributed by atoms with Crippen molar-refractivity contribution in [1.29, 1.82) is 0 Å². The molecule has 20 heavy (non-hydrogen) atoms. The van der Waals surface area contributed by atoms with Crippen LogP contribution >= 0.6 is 23.2 Å². The number of hydrogen-bond donors (Lipinski definition) is 2. The summed E-state index contributed by atoms with van der Waals surface area (Å²) in [4.78, 5) is 25.4. The molecule has 0 aromatic heterocycles. The summed E-state index contributed by atoms with van der Waals surface area (Å²) in [6, 6.07) is 4.28. The van der Waals surface area contributed by atoms with Crippen LogP contribution < -0.4 is 5.32 Å². The Morgan fingerprint density at radius 3 is 2.65 bits per heavy atom. The summed E-state index contributed by atoms with van der Waals surface area (Å²) in [5.74, 6) is -0.389. The number of halogens is 2. The number of hydrogen-bond acceptors (Lipinski definition) is 3. The van der Waals surface area contributed by atoms with Crippen molar-refractivity contribution < 1.29 is 14.7 Å². The Morgan fingerprint density at radius 1 is 1.35 bits per heavy atom. The maximum absolute atomic E-state index is 12.5. The molecule has 0 radical (unpaired) electrons. The summed E-state index contributed by atoms with van der Waals surface area (Å²) in [5, 5.41) is 12.2. The van der Waals surface area contributed by atoms with Crippen LogP contribution in [-0.2, 0) is 10.3 Å². The molecule has 5 nitrogen and oxygen atoms in total. The highest BCUT2D eigenvalue weighted by Crippen LogP contribution is 2.34. The third kappa shape index (κ3) is 2.49. The van der Waals surface area contributed by atoms with Gasteiger partial charge in [0.1, 0.15) is 5.54 Å². The number of carbonyl (C=O) groups excluding carboxylic acids is 2. The maximum Gasteiger partial charge on any atom is 0.325 e. The Labute approximate surface area is 126 Å². The Balaban J connectivity index is 2.35.